The predicted octanol–water partition coefficient (Wildman–Crippen LogP) is 1.41. The summed E-state index contributed by atoms with van der Waals surface area (Å²) in [6, 6.07) is 0. The monoisotopic (exact) mass is 151 g/mol. The van der Waals surface area contributed by atoms with Crippen molar-refractivity contribution in [1.29, 1.82) is 0 Å². The highest BCUT2D eigenvalue weighted by Crippen LogP contribution is 2.21. The van der Waals surface area contributed by atoms with Crippen molar-refractivity contribution in [2.24, 2.45) is 0 Å². The number of ether oxygens (including phenoxy) is 1. The summed E-state index contributed by atoms with van der Waals surface area (Å²) < 4.78 is 5.06. The molecular weight excluding hydrogens is 140 g/mol. The van der Waals surface area contributed by atoms with Crippen LogP contribution in [0.2, 0.25) is 0 Å². The number of hydrogen-bond acceptors (Lipinski definition) is 3. The van der Waals surface area contributed by atoms with Crippen molar-refractivity contribution >= 4 is 0 Å². The van der Waals surface area contributed by atoms with Gasteiger partial charge in [-0.25, -0.2) is 9.97 Å². The van der Waals surface area contributed by atoms with Gasteiger partial charge in [0, 0.05) is 0 Å². The van der Waals surface area contributed by atoms with E-state index in [0.717, 1.165) is 11.4 Å². The maximum absolute atomic E-state index is 5.06. The molecule has 1 aromatic rings. The molecule has 0 aromatic carbocycles. The van der Waals surface area contributed by atoms with Gasteiger partial charge in [-0.3, -0.25) is 0 Å². The number of aromatic nitrogens is 2. The molecule has 0 aliphatic heterocycles. The van der Waals surface area contributed by atoms with Gasteiger partial charge in [0.25, 0.3) is 0 Å². The van der Waals surface area contributed by atoms with Crippen molar-refractivity contribution in [2.75, 3.05) is 7.11 Å². The summed E-state index contributed by atoms with van der Waals surface area (Å²) >= 11 is 0. The van der Waals surface area contributed by atoms with E-state index in [9.17, 15) is 0 Å². The Morgan fingerprint density at radius 3 is 2.73 bits per heavy atom. The van der Waals surface area contributed by atoms with Gasteiger partial charge in [-0.2, -0.15) is 0 Å². The van der Waals surface area contributed by atoms with Crippen LogP contribution in [-0.4, -0.2) is 17.1 Å². The third-order valence-electron chi connectivity index (χ3n) is 1.43. The minimum Gasteiger partial charge on any atom is -0.493 e. The SMILES string of the molecule is COc1cn[c]nc1C(C)C. The molecule has 0 aliphatic carbocycles. The maximum Gasteiger partial charge on any atom is 0.198 e. The number of rotatable bonds is 2. The molecule has 0 fully saturated rings. The molecule has 59 valence electrons. The van der Waals surface area contributed by atoms with Crippen molar-refractivity contribution in [3.05, 3.63) is 18.2 Å². The molecule has 0 N–H and O–H groups in total. The molecule has 0 saturated carbocycles. The lowest BCUT2D eigenvalue weighted by atomic mass is 10.1. The van der Waals surface area contributed by atoms with E-state index in [-0.39, 0.29) is 0 Å². The first-order chi connectivity index (χ1) is 5.25. The van der Waals surface area contributed by atoms with Gasteiger partial charge in [0.2, 0.25) is 0 Å². The molecule has 0 aliphatic rings. The van der Waals surface area contributed by atoms with E-state index in [1.165, 1.54) is 0 Å². The Hall–Kier alpha value is -1.12. The van der Waals surface area contributed by atoms with Crippen LogP contribution in [-0.2, 0) is 0 Å². The second-order valence-corrected chi connectivity index (χ2v) is 2.58. The van der Waals surface area contributed by atoms with Crippen LogP contribution < -0.4 is 4.74 Å². The second kappa shape index (κ2) is 3.32. The minimum absolute atomic E-state index is 0.351. The van der Waals surface area contributed by atoms with Gasteiger partial charge in [-0.1, -0.05) is 13.8 Å². The highest BCUT2D eigenvalue weighted by atomic mass is 16.5. The van der Waals surface area contributed by atoms with Crippen LogP contribution in [0.15, 0.2) is 6.20 Å². The largest absolute Gasteiger partial charge is 0.493 e. The second-order valence-electron chi connectivity index (χ2n) is 2.58. The fourth-order valence-corrected chi connectivity index (χ4v) is 0.862. The summed E-state index contributed by atoms with van der Waals surface area (Å²) in [6.45, 7) is 4.11. The van der Waals surface area contributed by atoms with Gasteiger partial charge in [0.15, 0.2) is 12.1 Å². The third-order valence-corrected chi connectivity index (χ3v) is 1.43. The first-order valence-electron chi connectivity index (χ1n) is 3.52. The van der Waals surface area contributed by atoms with E-state index < -0.39 is 0 Å². The summed E-state index contributed by atoms with van der Waals surface area (Å²) in [5, 5.41) is 0. The van der Waals surface area contributed by atoms with Crippen LogP contribution in [0.1, 0.15) is 25.5 Å². The standard InChI is InChI=1S/C8H11N2O/c1-6(2)8-7(11-3)4-9-5-10-8/h4,6H,1-3H3. The van der Waals surface area contributed by atoms with Gasteiger partial charge in [-0.05, 0) is 5.92 Å². The van der Waals surface area contributed by atoms with Crippen molar-refractivity contribution in [3.63, 3.8) is 0 Å². The normalized spacial score (nSPS) is 10.2. The molecular formula is C8H11N2O. The summed E-state index contributed by atoms with van der Waals surface area (Å²) in [5.74, 6) is 1.09. The zero-order valence-corrected chi connectivity index (χ0v) is 6.96. The number of hydrogen-bond donors (Lipinski definition) is 0. The summed E-state index contributed by atoms with van der Waals surface area (Å²) in [4.78, 5) is 7.73. The van der Waals surface area contributed by atoms with Crippen LogP contribution in [0.5, 0.6) is 5.75 Å². The van der Waals surface area contributed by atoms with E-state index in [1.54, 1.807) is 13.3 Å². The van der Waals surface area contributed by atoms with Crippen molar-refractivity contribution in [2.45, 2.75) is 19.8 Å². The van der Waals surface area contributed by atoms with E-state index in [2.05, 4.69) is 30.1 Å². The fraction of sp³-hybridized carbons (Fsp3) is 0.500. The van der Waals surface area contributed by atoms with Crippen LogP contribution in [0.4, 0.5) is 0 Å². The first kappa shape index (κ1) is 7.98. The Labute approximate surface area is 66.4 Å². The summed E-state index contributed by atoms with van der Waals surface area (Å²) in [6.07, 6.45) is 4.16. The zero-order chi connectivity index (χ0) is 8.27. The molecule has 0 saturated heterocycles. The van der Waals surface area contributed by atoms with Gasteiger partial charge < -0.3 is 4.74 Å². The molecule has 0 amide bonds. The molecule has 1 heterocycles. The molecule has 0 spiro atoms. The molecule has 0 unspecified atom stereocenters. The smallest absolute Gasteiger partial charge is 0.198 e. The molecule has 1 radical (unpaired) electrons. The van der Waals surface area contributed by atoms with E-state index >= 15 is 0 Å². The topological polar surface area (TPSA) is 35.0 Å². The van der Waals surface area contributed by atoms with Crippen molar-refractivity contribution in [1.82, 2.24) is 9.97 Å². The average Bonchev–Trinajstić information content (AvgIpc) is 2.04. The average molecular weight is 151 g/mol. The highest BCUT2D eigenvalue weighted by molar-refractivity contribution is 5.25. The van der Waals surface area contributed by atoms with Crippen LogP contribution in [0.25, 0.3) is 0 Å². The Morgan fingerprint density at radius 1 is 1.55 bits per heavy atom. The van der Waals surface area contributed by atoms with Crippen LogP contribution in [0.3, 0.4) is 0 Å². The Kier molecular flexibility index (Phi) is 2.41. The molecule has 1 rings (SSSR count). The molecule has 3 nitrogen and oxygen atoms in total. The van der Waals surface area contributed by atoms with Gasteiger partial charge in [-0.15, -0.1) is 0 Å². The van der Waals surface area contributed by atoms with E-state index in [0.29, 0.717) is 5.92 Å². The molecule has 0 bridgehead atoms. The summed E-state index contributed by atoms with van der Waals surface area (Å²) in [7, 11) is 1.62. The quantitative estimate of drug-likeness (QED) is 0.641. The Balaban J connectivity index is 3.02. The first-order valence-corrected chi connectivity index (χ1v) is 3.52. The fourth-order valence-electron chi connectivity index (χ4n) is 0.862. The Bertz CT molecular complexity index is 235. The predicted molar refractivity (Wildman–Crippen MR) is 41.5 cm³/mol. The lowest BCUT2D eigenvalue weighted by Crippen LogP contribution is -1.98. The number of methoxy groups -OCH3 is 1. The van der Waals surface area contributed by atoms with Crippen molar-refractivity contribution in [3.8, 4) is 5.75 Å². The Morgan fingerprint density at radius 2 is 2.27 bits per heavy atom. The minimum atomic E-state index is 0.351. The maximum atomic E-state index is 5.06. The molecule has 11 heavy (non-hydrogen) atoms. The molecule has 1 aromatic heterocycles. The molecule has 3 heteroatoms. The van der Waals surface area contributed by atoms with E-state index in [4.69, 9.17) is 4.74 Å². The third kappa shape index (κ3) is 1.67. The zero-order valence-electron chi connectivity index (χ0n) is 6.96. The number of nitrogens with zero attached hydrogens (tertiary/aromatic N) is 2. The van der Waals surface area contributed by atoms with Crippen molar-refractivity contribution < 1.29 is 4.74 Å². The highest BCUT2D eigenvalue weighted by Gasteiger charge is 2.07. The van der Waals surface area contributed by atoms with Gasteiger partial charge >= 0.3 is 0 Å². The lowest BCUT2D eigenvalue weighted by Gasteiger charge is -2.07. The van der Waals surface area contributed by atoms with Gasteiger partial charge in [0.1, 0.15) is 0 Å². The van der Waals surface area contributed by atoms with Crippen LogP contribution >= 0.6 is 0 Å². The van der Waals surface area contributed by atoms with E-state index in [1.807, 2.05) is 0 Å². The summed E-state index contributed by atoms with van der Waals surface area (Å²) in [5.41, 5.74) is 0.905. The molecule has 0 atom stereocenters. The lowest BCUT2D eigenvalue weighted by molar-refractivity contribution is 0.401. The van der Waals surface area contributed by atoms with Gasteiger partial charge in [0.05, 0.1) is 19.0 Å². The van der Waals surface area contributed by atoms with Crippen LogP contribution in [0, 0.1) is 6.33 Å².